The zero-order valence-electron chi connectivity index (χ0n) is 8.94. The third-order valence-corrected chi connectivity index (χ3v) is 2.68. The van der Waals surface area contributed by atoms with Gasteiger partial charge in [-0.1, -0.05) is 18.2 Å². The number of hydrogen-bond donors (Lipinski definition) is 1. The van der Waals surface area contributed by atoms with Crippen LogP contribution < -0.4 is 10.6 Å². The number of nitrogens with two attached hydrogens (primary N) is 1. The highest BCUT2D eigenvalue weighted by Gasteiger charge is 2.10. The van der Waals surface area contributed by atoms with E-state index in [2.05, 4.69) is 18.2 Å². The maximum absolute atomic E-state index is 5.70. The summed E-state index contributed by atoms with van der Waals surface area (Å²) in [5.41, 5.74) is 2.60. The minimum absolute atomic E-state index is 0.826. The Kier molecular flexibility index (Phi) is 3.04. The number of hydrogen-bond acceptors (Lipinski definition) is 3. The lowest BCUT2D eigenvalue weighted by Crippen LogP contribution is -2.34. The highest BCUT2D eigenvalue weighted by molar-refractivity contribution is 5.67. The normalized spacial score (nSPS) is 17.3. The minimum Gasteiger partial charge on any atom is -0.497 e. The van der Waals surface area contributed by atoms with E-state index in [9.17, 15) is 0 Å². The van der Waals surface area contributed by atoms with Gasteiger partial charge in [-0.3, -0.25) is 5.84 Å². The molecular weight excluding hydrogens is 188 g/mol. The second-order valence-corrected chi connectivity index (χ2v) is 3.71. The number of rotatable bonds is 2. The van der Waals surface area contributed by atoms with Crippen molar-refractivity contribution in [2.45, 2.75) is 6.42 Å². The molecule has 0 unspecified atom stereocenters. The molecule has 0 aliphatic carbocycles. The monoisotopic (exact) mass is 204 g/mol. The van der Waals surface area contributed by atoms with E-state index < -0.39 is 0 Å². The number of methoxy groups -OCH3 is 1. The summed E-state index contributed by atoms with van der Waals surface area (Å²) in [6.45, 7) is 1.75. The van der Waals surface area contributed by atoms with Crippen molar-refractivity contribution in [3.05, 3.63) is 35.9 Å². The third-order valence-electron chi connectivity index (χ3n) is 2.68. The summed E-state index contributed by atoms with van der Waals surface area (Å²) in [5.74, 6) is 6.60. The average Bonchev–Trinajstić information content (AvgIpc) is 2.30. The number of ether oxygens (including phenoxy) is 1. The van der Waals surface area contributed by atoms with Crippen LogP contribution in [-0.2, 0) is 0 Å². The van der Waals surface area contributed by atoms with Gasteiger partial charge in [-0.15, -0.1) is 0 Å². The van der Waals surface area contributed by atoms with Crippen LogP contribution in [0.5, 0.6) is 5.75 Å². The standard InChI is InChI=1S/C12H16N2O/c1-15-12-4-2-3-11(9-12)10-5-7-14(13)8-6-10/h2-5,9H,6-8,13H2,1H3. The smallest absolute Gasteiger partial charge is 0.119 e. The fourth-order valence-electron chi connectivity index (χ4n) is 1.77. The molecule has 0 saturated carbocycles. The van der Waals surface area contributed by atoms with E-state index in [1.165, 1.54) is 11.1 Å². The molecule has 0 amide bonds. The van der Waals surface area contributed by atoms with Crippen molar-refractivity contribution in [2.24, 2.45) is 5.84 Å². The first-order valence-electron chi connectivity index (χ1n) is 5.12. The van der Waals surface area contributed by atoms with Gasteiger partial charge in [0.2, 0.25) is 0 Å². The first-order valence-corrected chi connectivity index (χ1v) is 5.12. The van der Waals surface area contributed by atoms with Crippen LogP contribution in [0.1, 0.15) is 12.0 Å². The van der Waals surface area contributed by atoms with E-state index in [4.69, 9.17) is 10.6 Å². The van der Waals surface area contributed by atoms with Gasteiger partial charge in [0.25, 0.3) is 0 Å². The largest absolute Gasteiger partial charge is 0.497 e. The van der Waals surface area contributed by atoms with Crippen molar-refractivity contribution < 1.29 is 4.74 Å². The zero-order valence-corrected chi connectivity index (χ0v) is 8.94. The highest BCUT2D eigenvalue weighted by Crippen LogP contribution is 2.24. The van der Waals surface area contributed by atoms with Gasteiger partial charge in [-0.05, 0) is 29.7 Å². The fraction of sp³-hybridized carbons (Fsp3) is 0.333. The molecule has 0 bridgehead atoms. The van der Waals surface area contributed by atoms with Gasteiger partial charge in [0.1, 0.15) is 5.75 Å². The molecular formula is C12H16N2O. The minimum atomic E-state index is 0.826. The topological polar surface area (TPSA) is 38.5 Å². The maximum Gasteiger partial charge on any atom is 0.119 e. The third kappa shape index (κ3) is 2.37. The van der Waals surface area contributed by atoms with Gasteiger partial charge in [-0.2, -0.15) is 0 Å². The molecule has 1 aliphatic rings. The summed E-state index contributed by atoms with van der Waals surface area (Å²) in [6, 6.07) is 8.16. The molecule has 1 aromatic rings. The van der Waals surface area contributed by atoms with E-state index in [-0.39, 0.29) is 0 Å². The quantitative estimate of drug-likeness (QED) is 0.744. The average molecular weight is 204 g/mol. The maximum atomic E-state index is 5.70. The fourth-order valence-corrected chi connectivity index (χ4v) is 1.77. The molecule has 1 heterocycles. The van der Waals surface area contributed by atoms with Crippen LogP contribution in [0.4, 0.5) is 0 Å². The Morgan fingerprint density at radius 2 is 2.27 bits per heavy atom. The molecule has 3 nitrogen and oxygen atoms in total. The second-order valence-electron chi connectivity index (χ2n) is 3.71. The molecule has 0 radical (unpaired) electrons. The summed E-state index contributed by atoms with van der Waals surface area (Å²) < 4.78 is 5.20. The van der Waals surface area contributed by atoms with Crippen LogP contribution >= 0.6 is 0 Å². The van der Waals surface area contributed by atoms with Crippen molar-refractivity contribution >= 4 is 5.57 Å². The van der Waals surface area contributed by atoms with Crippen molar-refractivity contribution in [1.29, 1.82) is 0 Å². The molecule has 1 aliphatic heterocycles. The van der Waals surface area contributed by atoms with Crippen LogP contribution in [0.3, 0.4) is 0 Å². The Hall–Kier alpha value is -1.32. The molecule has 80 valence electrons. The van der Waals surface area contributed by atoms with E-state index in [1.807, 2.05) is 17.1 Å². The summed E-state index contributed by atoms with van der Waals surface area (Å²) in [4.78, 5) is 0. The van der Waals surface area contributed by atoms with Gasteiger partial charge in [0, 0.05) is 13.1 Å². The molecule has 0 aromatic heterocycles. The van der Waals surface area contributed by atoms with E-state index >= 15 is 0 Å². The Morgan fingerprint density at radius 3 is 2.93 bits per heavy atom. The van der Waals surface area contributed by atoms with E-state index in [1.54, 1.807) is 7.11 Å². The SMILES string of the molecule is COc1cccc(C2=CCN(N)CC2)c1. The van der Waals surface area contributed by atoms with Gasteiger partial charge in [-0.25, -0.2) is 5.01 Å². The predicted molar refractivity (Wildman–Crippen MR) is 61.3 cm³/mol. The number of hydrazine groups is 1. The van der Waals surface area contributed by atoms with Crippen LogP contribution in [0.15, 0.2) is 30.3 Å². The zero-order chi connectivity index (χ0) is 10.7. The van der Waals surface area contributed by atoms with Crippen LogP contribution in [0.25, 0.3) is 5.57 Å². The molecule has 15 heavy (non-hydrogen) atoms. The van der Waals surface area contributed by atoms with Gasteiger partial charge >= 0.3 is 0 Å². The Labute approximate surface area is 90.1 Å². The van der Waals surface area contributed by atoms with Gasteiger partial charge in [0.05, 0.1) is 7.11 Å². The highest BCUT2D eigenvalue weighted by atomic mass is 16.5. The van der Waals surface area contributed by atoms with Gasteiger partial charge in [0.15, 0.2) is 0 Å². The molecule has 0 atom stereocenters. The molecule has 2 rings (SSSR count). The molecule has 3 heteroatoms. The molecule has 0 fully saturated rings. The van der Waals surface area contributed by atoms with Crippen molar-refractivity contribution in [3.63, 3.8) is 0 Å². The molecule has 1 aromatic carbocycles. The Balaban J connectivity index is 2.22. The lowest BCUT2D eigenvalue weighted by atomic mass is 10.00. The first kappa shape index (κ1) is 10.2. The van der Waals surface area contributed by atoms with Gasteiger partial charge < -0.3 is 4.74 Å². The Morgan fingerprint density at radius 1 is 1.40 bits per heavy atom. The summed E-state index contributed by atoms with van der Waals surface area (Å²) >= 11 is 0. The van der Waals surface area contributed by atoms with Crippen LogP contribution in [0.2, 0.25) is 0 Å². The lowest BCUT2D eigenvalue weighted by Gasteiger charge is -2.21. The number of nitrogens with zero attached hydrogens (tertiary/aromatic N) is 1. The van der Waals surface area contributed by atoms with Crippen LogP contribution in [-0.4, -0.2) is 25.2 Å². The summed E-state index contributed by atoms with van der Waals surface area (Å²) in [6.07, 6.45) is 3.18. The summed E-state index contributed by atoms with van der Waals surface area (Å²) in [5, 5.41) is 1.82. The van der Waals surface area contributed by atoms with Crippen molar-refractivity contribution in [3.8, 4) is 5.75 Å². The van der Waals surface area contributed by atoms with Crippen molar-refractivity contribution in [1.82, 2.24) is 5.01 Å². The first-order chi connectivity index (χ1) is 7.29. The van der Waals surface area contributed by atoms with Crippen LogP contribution in [0, 0.1) is 0 Å². The Bertz CT molecular complexity index is 374. The molecule has 2 N–H and O–H groups in total. The van der Waals surface area contributed by atoms with Crippen molar-refractivity contribution in [2.75, 3.05) is 20.2 Å². The predicted octanol–water partition coefficient (Wildman–Crippen LogP) is 1.66. The van der Waals surface area contributed by atoms with E-state index in [0.29, 0.717) is 0 Å². The molecule has 0 spiro atoms. The summed E-state index contributed by atoms with van der Waals surface area (Å²) in [7, 11) is 1.69. The van der Waals surface area contributed by atoms with E-state index in [0.717, 1.165) is 25.3 Å². The lowest BCUT2D eigenvalue weighted by molar-refractivity contribution is 0.314. The number of benzene rings is 1. The molecule has 0 saturated heterocycles. The second kappa shape index (κ2) is 4.47.